The second kappa shape index (κ2) is 3.76. The lowest BCUT2D eigenvalue weighted by atomic mass is 10.3. The predicted molar refractivity (Wildman–Crippen MR) is 61.0 cm³/mol. The monoisotopic (exact) mass is 231 g/mol. The standard InChI is InChI=1S/C12H13N3O2/c16-12(17)9-3-4-14(6-9)7-11-5-13-8-15(11)10-1-2-10/h3-6,8,10H,1-2,7H2,(H,16,17). The van der Waals surface area contributed by atoms with Gasteiger partial charge in [-0.25, -0.2) is 9.78 Å². The number of nitrogens with zero attached hydrogens (tertiary/aromatic N) is 3. The lowest BCUT2D eigenvalue weighted by molar-refractivity contribution is 0.0697. The fourth-order valence-electron chi connectivity index (χ4n) is 1.99. The minimum atomic E-state index is -0.889. The number of carboxylic acids is 1. The van der Waals surface area contributed by atoms with Gasteiger partial charge in [-0.2, -0.15) is 0 Å². The molecule has 2 heterocycles. The fourth-order valence-corrected chi connectivity index (χ4v) is 1.99. The minimum Gasteiger partial charge on any atom is -0.478 e. The number of aromatic nitrogens is 3. The summed E-state index contributed by atoms with van der Waals surface area (Å²) in [6.45, 7) is 0.670. The summed E-state index contributed by atoms with van der Waals surface area (Å²) in [4.78, 5) is 14.9. The summed E-state index contributed by atoms with van der Waals surface area (Å²) in [7, 11) is 0. The molecule has 1 saturated carbocycles. The van der Waals surface area contributed by atoms with Gasteiger partial charge in [-0.3, -0.25) is 0 Å². The van der Waals surface area contributed by atoms with Gasteiger partial charge in [0.25, 0.3) is 0 Å². The van der Waals surface area contributed by atoms with E-state index in [-0.39, 0.29) is 0 Å². The Morgan fingerprint density at radius 1 is 1.53 bits per heavy atom. The van der Waals surface area contributed by atoms with Crippen molar-refractivity contribution in [1.82, 2.24) is 14.1 Å². The van der Waals surface area contributed by atoms with E-state index in [1.54, 1.807) is 18.5 Å². The smallest absolute Gasteiger partial charge is 0.337 e. The molecule has 88 valence electrons. The van der Waals surface area contributed by atoms with Crippen molar-refractivity contribution in [2.24, 2.45) is 0 Å². The molecule has 0 radical (unpaired) electrons. The first kappa shape index (κ1) is 10.1. The molecule has 5 nitrogen and oxygen atoms in total. The van der Waals surface area contributed by atoms with E-state index in [1.807, 2.05) is 17.1 Å². The van der Waals surface area contributed by atoms with Crippen LogP contribution in [0.25, 0.3) is 0 Å². The van der Waals surface area contributed by atoms with Crippen LogP contribution in [0.1, 0.15) is 34.9 Å². The van der Waals surface area contributed by atoms with Gasteiger partial charge in [-0.15, -0.1) is 0 Å². The highest BCUT2D eigenvalue weighted by Gasteiger charge is 2.25. The molecule has 2 aromatic rings. The van der Waals surface area contributed by atoms with Crippen molar-refractivity contribution in [1.29, 1.82) is 0 Å². The maximum atomic E-state index is 10.8. The molecule has 17 heavy (non-hydrogen) atoms. The van der Waals surface area contributed by atoms with Crippen molar-refractivity contribution in [3.63, 3.8) is 0 Å². The lowest BCUT2D eigenvalue weighted by Gasteiger charge is -2.07. The van der Waals surface area contributed by atoms with Gasteiger partial charge in [-0.05, 0) is 18.9 Å². The number of imidazole rings is 1. The highest BCUT2D eigenvalue weighted by Crippen LogP contribution is 2.35. The second-order valence-corrected chi connectivity index (χ2v) is 4.40. The van der Waals surface area contributed by atoms with E-state index in [9.17, 15) is 4.79 Å². The Morgan fingerprint density at radius 3 is 3.00 bits per heavy atom. The Bertz CT molecular complexity index is 552. The lowest BCUT2D eigenvalue weighted by Crippen LogP contribution is -2.04. The predicted octanol–water partition coefficient (Wildman–Crippen LogP) is 1.77. The summed E-state index contributed by atoms with van der Waals surface area (Å²) < 4.78 is 4.06. The Hall–Kier alpha value is -2.04. The number of carboxylic acid groups (broad SMARTS) is 1. The zero-order valence-electron chi connectivity index (χ0n) is 9.28. The third-order valence-electron chi connectivity index (χ3n) is 3.03. The van der Waals surface area contributed by atoms with E-state index >= 15 is 0 Å². The molecule has 0 atom stereocenters. The SMILES string of the molecule is O=C(O)c1ccn(Cc2cncn2C2CC2)c1. The van der Waals surface area contributed by atoms with Gasteiger partial charge < -0.3 is 14.2 Å². The minimum absolute atomic E-state index is 0.322. The van der Waals surface area contributed by atoms with E-state index in [1.165, 1.54) is 12.8 Å². The maximum absolute atomic E-state index is 10.8. The molecule has 5 heteroatoms. The average molecular weight is 231 g/mol. The summed E-state index contributed by atoms with van der Waals surface area (Å²) in [5.74, 6) is -0.889. The molecule has 0 amide bonds. The third-order valence-corrected chi connectivity index (χ3v) is 3.03. The molecule has 0 saturated heterocycles. The molecule has 3 rings (SSSR count). The Kier molecular flexibility index (Phi) is 2.24. The number of rotatable bonds is 4. The van der Waals surface area contributed by atoms with E-state index in [4.69, 9.17) is 5.11 Å². The molecule has 0 aromatic carbocycles. The first-order valence-corrected chi connectivity index (χ1v) is 5.64. The van der Waals surface area contributed by atoms with Crippen LogP contribution in [-0.4, -0.2) is 25.2 Å². The number of aromatic carboxylic acids is 1. The van der Waals surface area contributed by atoms with Crippen LogP contribution in [0, 0.1) is 0 Å². The van der Waals surface area contributed by atoms with Crippen molar-refractivity contribution < 1.29 is 9.90 Å². The molecule has 1 N–H and O–H groups in total. The summed E-state index contributed by atoms with van der Waals surface area (Å²) in [5, 5.41) is 8.85. The van der Waals surface area contributed by atoms with Gasteiger partial charge in [-0.1, -0.05) is 0 Å². The maximum Gasteiger partial charge on any atom is 0.337 e. The zero-order valence-corrected chi connectivity index (χ0v) is 9.28. The summed E-state index contributed by atoms with van der Waals surface area (Å²) in [6.07, 6.45) is 9.57. The molecule has 0 aliphatic heterocycles. The zero-order chi connectivity index (χ0) is 11.8. The molecule has 0 spiro atoms. The molecule has 0 unspecified atom stereocenters. The van der Waals surface area contributed by atoms with Crippen LogP contribution in [0.4, 0.5) is 0 Å². The van der Waals surface area contributed by atoms with Gasteiger partial charge >= 0.3 is 5.97 Å². The molecule has 2 aromatic heterocycles. The van der Waals surface area contributed by atoms with Gasteiger partial charge in [0.05, 0.1) is 24.1 Å². The van der Waals surface area contributed by atoms with E-state index in [0.29, 0.717) is 18.2 Å². The van der Waals surface area contributed by atoms with Crippen molar-refractivity contribution in [3.05, 3.63) is 42.2 Å². The Labute approximate surface area is 98.3 Å². The highest BCUT2D eigenvalue weighted by atomic mass is 16.4. The number of hydrogen-bond donors (Lipinski definition) is 1. The van der Waals surface area contributed by atoms with Crippen molar-refractivity contribution in [2.45, 2.75) is 25.4 Å². The summed E-state index contributed by atoms with van der Waals surface area (Å²) >= 11 is 0. The van der Waals surface area contributed by atoms with Crippen LogP contribution in [0.5, 0.6) is 0 Å². The first-order valence-electron chi connectivity index (χ1n) is 5.64. The largest absolute Gasteiger partial charge is 0.478 e. The topological polar surface area (TPSA) is 60.0 Å². The normalized spacial score (nSPS) is 15.1. The van der Waals surface area contributed by atoms with Crippen LogP contribution in [0.3, 0.4) is 0 Å². The van der Waals surface area contributed by atoms with Crippen LogP contribution in [-0.2, 0) is 6.54 Å². The van der Waals surface area contributed by atoms with Gasteiger partial charge in [0.1, 0.15) is 0 Å². The fraction of sp³-hybridized carbons (Fsp3) is 0.333. The van der Waals surface area contributed by atoms with E-state index in [2.05, 4.69) is 9.55 Å². The Balaban J connectivity index is 1.81. The van der Waals surface area contributed by atoms with Gasteiger partial charge in [0.15, 0.2) is 0 Å². The molecule has 1 aliphatic carbocycles. The highest BCUT2D eigenvalue weighted by molar-refractivity contribution is 5.87. The number of carbonyl (C=O) groups is 1. The van der Waals surface area contributed by atoms with Gasteiger partial charge in [0.2, 0.25) is 0 Å². The first-order chi connectivity index (χ1) is 8.24. The van der Waals surface area contributed by atoms with Crippen LogP contribution in [0.2, 0.25) is 0 Å². The molecule has 1 fully saturated rings. The third kappa shape index (κ3) is 1.95. The second-order valence-electron chi connectivity index (χ2n) is 4.40. The molecule has 0 bridgehead atoms. The average Bonchev–Trinajstić information content (AvgIpc) is 2.86. The van der Waals surface area contributed by atoms with Crippen LogP contribution in [0.15, 0.2) is 31.0 Å². The van der Waals surface area contributed by atoms with Gasteiger partial charge in [0, 0.05) is 24.6 Å². The van der Waals surface area contributed by atoms with Crippen molar-refractivity contribution in [3.8, 4) is 0 Å². The molecular formula is C12H13N3O2. The molecular weight excluding hydrogens is 218 g/mol. The van der Waals surface area contributed by atoms with Crippen LogP contribution < -0.4 is 0 Å². The number of hydrogen-bond acceptors (Lipinski definition) is 2. The van der Waals surface area contributed by atoms with E-state index in [0.717, 1.165) is 5.69 Å². The quantitative estimate of drug-likeness (QED) is 0.872. The van der Waals surface area contributed by atoms with Crippen LogP contribution >= 0.6 is 0 Å². The Morgan fingerprint density at radius 2 is 2.35 bits per heavy atom. The van der Waals surface area contributed by atoms with Crippen molar-refractivity contribution in [2.75, 3.05) is 0 Å². The van der Waals surface area contributed by atoms with E-state index < -0.39 is 5.97 Å². The molecule has 1 aliphatic rings. The summed E-state index contributed by atoms with van der Waals surface area (Å²) in [5.41, 5.74) is 1.45. The summed E-state index contributed by atoms with van der Waals surface area (Å²) in [6, 6.07) is 2.21. The van der Waals surface area contributed by atoms with Crippen molar-refractivity contribution >= 4 is 5.97 Å².